The van der Waals surface area contributed by atoms with E-state index in [9.17, 15) is 0 Å². The van der Waals surface area contributed by atoms with Gasteiger partial charge in [-0.25, -0.2) is 0 Å². The van der Waals surface area contributed by atoms with Gasteiger partial charge in [-0.2, -0.15) is 11.3 Å². The molecule has 2 N–H and O–H groups in total. The Bertz CT molecular complexity index is 502. The molecule has 3 nitrogen and oxygen atoms in total. The SMILES string of the molecule is CCOc1ccc([C@@H](N)c2ccsc2)cc1OC.Cl. The lowest BCUT2D eigenvalue weighted by Gasteiger charge is -2.14. The number of thiophene rings is 1. The van der Waals surface area contributed by atoms with Crippen LogP contribution in [0, 0.1) is 0 Å². The fourth-order valence-corrected chi connectivity index (χ4v) is 2.49. The van der Waals surface area contributed by atoms with Crippen molar-refractivity contribution < 1.29 is 9.47 Å². The molecule has 1 atom stereocenters. The van der Waals surface area contributed by atoms with Crippen molar-refractivity contribution in [2.75, 3.05) is 13.7 Å². The summed E-state index contributed by atoms with van der Waals surface area (Å²) in [5.74, 6) is 1.47. The first-order valence-corrected chi connectivity index (χ1v) is 6.79. The van der Waals surface area contributed by atoms with Gasteiger partial charge in [-0.05, 0) is 47.0 Å². The number of benzene rings is 1. The van der Waals surface area contributed by atoms with Crippen LogP contribution in [0.15, 0.2) is 35.0 Å². The highest BCUT2D eigenvalue weighted by Gasteiger charge is 2.12. The van der Waals surface area contributed by atoms with E-state index >= 15 is 0 Å². The number of nitrogens with two attached hydrogens (primary N) is 1. The van der Waals surface area contributed by atoms with Gasteiger partial charge in [-0.15, -0.1) is 12.4 Å². The summed E-state index contributed by atoms with van der Waals surface area (Å²) < 4.78 is 10.8. The topological polar surface area (TPSA) is 44.5 Å². The van der Waals surface area contributed by atoms with E-state index in [0.717, 1.165) is 22.6 Å². The monoisotopic (exact) mass is 299 g/mol. The molecule has 0 aliphatic heterocycles. The Hall–Kier alpha value is -1.23. The van der Waals surface area contributed by atoms with Crippen LogP contribution >= 0.6 is 23.7 Å². The summed E-state index contributed by atoms with van der Waals surface area (Å²) >= 11 is 1.65. The first-order chi connectivity index (χ1) is 8.76. The van der Waals surface area contributed by atoms with Crippen molar-refractivity contribution in [3.05, 3.63) is 46.2 Å². The number of ether oxygens (including phenoxy) is 2. The smallest absolute Gasteiger partial charge is 0.161 e. The maximum Gasteiger partial charge on any atom is 0.161 e. The first-order valence-electron chi connectivity index (χ1n) is 5.84. The van der Waals surface area contributed by atoms with E-state index < -0.39 is 0 Å². The lowest BCUT2D eigenvalue weighted by Crippen LogP contribution is -2.11. The van der Waals surface area contributed by atoms with Gasteiger partial charge < -0.3 is 15.2 Å². The van der Waals surface area contributed by atoms with Crippen molar-refractivity contribution in [3.63, 3.8) is 0 Å². The molecule has 0 amide bonds. The molecule has 0 spiro atoms. The second-order valence-corrected chi connectivity index (χ2v) is 4.66. The number of hydrogen-bond donors (Lipinski definition) is 1. The van der Waals surface area contributed by atoms with Crippen LogP contribution in [-0.2, 0) is 0 Å². The Morgan fingerprint density at radius 3 is 2.58 bits per heavy atom. The lowest BCUT2D eigenvalue weighted by atomic mass is 10.0. The number of halogens is 1. The third kappa shape index (κ3) is 3.62. The molecule has 0 aliphatic carbocycles. The normalized spacial score (nSPS) is 11.5. The van der Waals surface area contributed by atoms with E-state index in [1.165, 1.54) is 0 Å². The average molecular weight is 300 g/mol. The van der Waals surface area contributed by atoms with Crippen LogP contribution in [0.1, 0.15) is 24.1 Å². The predicted molar refractivity (Wildman–Crippen MR) is 81.8 cm³/mol. The zero-order valence-electron chi connectivity index (χ0n) is 11.0. The molecule has 0 saturated carbocycles. The Morgan fingerprint density at radius 1 is 1.21 bits per heavy atom. The molecule has 1 aromatic carbocycles. The molecule has 2 rings (SSSR count). The minimum atomic E-state index is -0.124. The van der Waals surface area contributed by atoms with Gasteiger partial charge >= 0.3 is 0 Å². The van der Waals surface area contributed by atoms with Crippen LogP contribution in [0.5, 0.6) is 11.5 Å². The molecule has 0 saturated heterocycles. The van der Waals surface area contributed by atoms with E-state index in [1.54, 1.807) is 18.4 Å². The molecule has 0 radical (unpaired) electrons. The number of methoxy groups -OCH3 is 1. The first kappa shape index (κ1) is 15.8. The van der Waals surface area contributed by atoms with Gasteiger partial charge in [0.1, 0.15) is 0 Å². The summed E-state index contributed by atoms with van der Waals surface area (Å²) in [5, 5.41) is 4.09. The van der Waals surface area contributed by atoms with E-state index in [1.807, 2.05) is 36.6 Å². The van der Waals surface area contributed by atoms with Crippen LogP contribution in [-0.4, -0.2) is 13.7 Å². The van der Waals surface area contributed by atoms with Crippen LogP contribution in [0.4, 0.5) is 0 Å². The molecule has 0 bridgehead atoms. The van der Waals surface area contributed by atoms with E-state index in [-0.39, 0.29) is 18.4 Å². The maximum absolute atomic E-state index is 6.22. The van der Waals surface area contributed by atoms with Crippen molar-refractivity contribution in [2.45, 2.75) is 13.0 Å². The number of hydrogen-bond acceptors (Lipinski definition) is 4. The third-order valence-corrected chi connectivity index (χ3v) is 3.45. The highest BCUT2D eigenvalue weighted by Crippen LogP contribution is 2.31. The van der Waals surface area contributed by atoms with Gasteiger partial charge in [-0.3, -0.25) is 0 Å². The van der Waals surface area contributed by atoms with E-state index in [2.05, 4.69) is 5.38 Å². The van der Waals surface area contributed by atoms with E-state index in [4.69, 9.17) is 15.2 Å². The minimum absolute atomic E-state index is 0. The summed E-state index contributed by atoms with van der Waals surface area (Å²) in [6.07, 6.45) is 0. The molecule has 19 heavy (non-hydrogen) atoms. The standard InChI is InChI=1S/C14H17NO2S.ClH/c1-3-17-12-5-4-10(8-13(12)16-2)14(15)11-6-7-18-9-11;/h4-9,14H,3,15H2,1-2H3;1H/t14-;/m1./s1. The second-order valence-electron chi connectivity index (χ2n) is 3.88. The van der Waals surface area contributed by atoms with Gasteiger partial charge in [0.2, 0.25) is 0 Å². The Balaban J connectivity index is 0.00000180. The fraction of sp³-hybridized carbons (Fsp3) is 0.286. The second kappa shape index (κ2) is 7.38. The molecule has 0 unspecified atom stereocenters. The Kier molecular flexibility index (Phi) is 6.15. The summed E-state index contributed by atoms with van der Waals surface area (Å²) in [6, 6.07) is 7.74. The molecule has 104 valence electrons. The van der Waals surface area contributed by atoms with Crippen LogP contribution in [0.3, 0.4) is 0 Å². The van der Waals surface area contributed by atoms with Crippen LogP contribution < -0.4 is 15.2 Å². The lowest BCUT2D eigenvalue weighted by molar-refractivity contribution is 0.310. The van der Waals surface area contributed by atoms with Gasteiger partial charge in [0.15, 0.2) is 11.5 Å². The van der Waals surface area contributed by atoms with Gasteiger partial charge in [0.05, 0.1) is 19.8 Å². The average Bonchev–Trinajstić information content (AvgIpc) is 2.92. The zero-order valence-corrected chi connectivity index (χ0v) is 12.6. The highest BCUT2D eigenvalue weighted by atomic mass is 35.5. The number of rotatable bonds is 5. The molecule has 5 heteroatoms. The van der Waals surface area contributed by atoms with E-state index in [0.29, 0.717) is 6.61 Å². The minimum Gasteiger partial charge on any atom is -0.493 e. The summed E-state index contributed by atoms with van der Waals surface area (Å²) in [6.45, 7) is 2.57. The van der Waals surface area contributed by atoms with Crippen molar-refractivity contribution in [1.29, 1.82) is 0 Å². The molecule has 0 aliphatic rings. The fourth-order valence-electron chi connectivity index (χ4n) is 1.80. The molecular weight excluding hydrogens is 282 g/mol. The van der Waals surface area contributed by atoms with Gasteiger partial charge in [-0.1, -0.05) is 6.07 Å². The summed E-state index contributed by atoms with van der Waals surface area (Å²) in [4.78, 5) is 0. The van der Waals surface area contributed by atoms with Crippen molar-refractivity contribution in [1.82, 2.24) is 0 Å². The molecule has 1 aromatic heterocycles. The zero-order chi connectivity index (χ0) is 13.0. The van der Waals surface area contributed by atoms with Crippen molar-refractivity contribution in [3.8, 4) is 11.5 Å². The van der Waals surface area contributed by atoms with Crippen LogP contribution in [0.25, 0.3) is 0 Å². The van der Waals surface area contributed by atoms with Crippen molar-refractivity contribution in [2.24, 2.45) is 5.73 Å². The quantitative estimate of drug-likeness (QED) is 0.917. The molecule has 0 fully saturated rings. The van der Waals surface area contributed by atoms with Crippen LogP contribution in [0.2, 0.25) is 0 Å². The highest BCUT2D eigenvalue weighted by molar-refractivity contribution is 7.08. The predicted octanol–water partition coefficient (Wildman–Crippen LogP) is 3.63. The Labute approximate surface area is 123 Å². The van der Waals surface area contributed by atoms with Gasteiger partial charge in [0, 0.05) is 0 Å². The Morgan fingerprint density at radius 2 is 2.00 bits per heavy atom. The third-order valence-electron chi connectivity index (χ3n) is 2.75. The molecule has 1 heterocycles. The largest absolute Gasteiger partial charge is 0.493 e. The molecular formula is C14H18ClNO2S. The van der Waals surface area contributed by atoms with Gasteiger partial charge in [0.25, 0.3) is 0 Å². The maximum atomic E-state index is 6.22. The summed E-state index contributed by atoms with van der Waals surface area (Å²) in [7, 11) is 1.64. The van der Waals surface area contributed by atoms with Crippen molar-refractivity contribution >= 4 is 23.7 Å². The summed E-state index contributed by atoms with van der Waals surface area (Å²) in [5.41, 5.74) is 8.36. The molecule has 2 aromatic rings.